The van der Waals surface area contributed by atoms with Gasteiger partial charge in [0, 0.05) is 16.4 Å². The average molecular weight is 433 g/mol. The molecule has 3 aromatic rings. The van der Waals surface area contributed by atoms with Crippen molar-refractivity contribution in [2.45, 2.75) is 47.5 Å². The molecule has 3 rings (SSSR count). The third-order valence-electron chi connectivity index (χ3n) is 5.80. The molecule has 0 radical (unpaired) electrons. The van der Waals surface area contributed by atoms with Crippen molar-refractivity contribution in [3.05, 3.63) is 99.6 Å². The van der Waals surface area contributed by atoms with Crippen molar-refractivity contribution >= 4 is 23.5 Å². The van der Waals surface area contributed by atoms with Gasteiger partial charge in [0.25, 0.3) is 0 Å². The highest BCUT2D eigenvalue weighted by atomic mass is 31.2. The summed E-state index contributed by atoms with van der Waals surface area (Å²) in [6, 6.07) is 18.0. The molecule has 31 heavy (non-hydrogen) atoms. The van der Waals surface area contributed by atoms with Gasteiger partial charge in [0.15, 0.2) is 0 Å². The average Bonchev–Trinajstić information content (AvgIpc) is 2.77. The summed E-state index contributed by atoms with van der Waals surface area (Å²) in [5.74, 6) is 0. The second-order valence-corrected chi connectivity index (χ2v) is 10.5. The number of carbonyl (C=O) groups is 2. The van der Waals surface area contributed by atoms with Crippen molar-refractivity contribution in [1.82, 2.24) is 0 Å². The maximum atomic E-state index is 14.6. The minimum atomic E-state index is -4.12. The molecular formula is C27H29O3P. The highest BCUT2D eigenvalue weighted by molar-refractivity contribution is 8.01. The molecule has 0 aliphatic carbocycles. The Bertz CT molecular complexity index is 1150. The quantitative estimate of drug-likeness (QED) is 0.406. The molecular weight excluding hydrogens is 403 g/mol. The number of carbonyl (C=O) groups excluding carboxylic acids is 2. The molecule has 160 valence electrons. The van der Waals surface area contributed by atoms with Crippen LogP contribution in [0.15, 0.2) is 60.7 Å². The summed E-state index contributed by atoms with van der Waals surface area (Å²) >= 11 is 0. The smallest absolute Gasteiger partial charge is 0.248 e. The van der Waals surface area contributed by atoms with Crippen LogP contribution >= 0.6 is 7.14 Å². The van der Waals surface area contributed by atoms with Gasteiger partial charge < -0.3 is 4.57 Å². The highest BCUT2D eigenvalue weighted by Gasteiger charge is 2.44. The summed E-state index contributed by atoms with van der Waals surface area (Å²) < 4.78 is 14.6. The van der Waals surface area contributed by atoms with Gasteiger partial charge in [-0.25, -0.2) is 0 Å². The van der Waals surface area contributed by atoms with Gasteiger partial charge in [-0.2, -0.15) is 0 Å². The van der Waals surface area contributed by atoms with E-state index in [0.29, 0.717) is 24.0 Å². The fourth-order valence-corrected chi connectivity index (χ4v) is 6.83. The van der Waals surface area contributed by atoms with Gasteiger partial charge in [0.05, 0.1) is 0 Å². The van der Waals surface area contributed by atoms with E-state index in [1.54, 1.807) is 30.3 Å². The zero-order valence-electron chi connectivity index (χ0n) is 18.9. The van der Waals surface area contributed by atoms with Gasteiger partial charge in [-0.15, -0.1) is 0 Å². The lowest BCUT2D eigenvalue weighted by atomic mass is 9.98. The Morgan fingerprint density at radius 2 is 1.19 bits per heavy atom. The van der Waals surface area contributed by atoms with Crippen molar-refractivity contribution < 1.29 is 14.2 Å². The number of aryl methyl sites for hydroxylation is 5. The third kappa shape index (κ3) is 4.07. The molecule has 3 nitrogen and oxygen atoms in total. The van der Waals surface area contributed by atoms with E-state index >= 15 is 0 Å². The molecule has 4 heteroatoms. The number of hydrogen-bond donors (Lipinski definition) is 0. The van der Waals surface area contributed by atoms with Crippen LogP contribution in [-0.2, 0) is 17.4 Å². The van der Waals surface area contributed by atoms with Crippen molar-refractivity contribution in [1.29, 1.82) is 0 Å². The van der Waals surface area contributed by atoms with Crippen LogP contribution in [0.5, 0.6) is 0 Å². The van der Waals surface area contributed by atoms with E-state index in [-0.39, 0.29) is 5.30 Å². The second-order valence-electron chi connectivity index (χ2n) is 7.99. The normalized spacial score (nSPS) is 12.9. The Kier molecular flexibility index (Phi) is 6.77. The van der Waals surface area contributed by atoms with E-state index in [2.05, 4.69) is 0 Å². The van der Waals surface area contributed by atoms with Crippen LogP contribution in [0.3, 0.4) is 0 Å². The van der Waals surface area contributed by atoms with E-state index in [1.807, 2.05) is 65.0 Å². The predicted octanol–water partition coefficient (Wildman–Crippen LogP) is 6.41. The van der Waals surface area contributed by atoms with Gasteiger partial charge >= 0.3 is 0 Å². The van der Waals surface area contributed by atoms with Crippen molar-refractivity contribution in [3.63, 3.8) is 0 Å². The Morgan fingerprint density at radius 3 is 1.68 bits per heavy atom. The zero-order valence-corrected chi connectivity index (χ0v) is 19.8. The molecule has 0 heterocycles. The molecule has 3 aromatic carbocycles. The molecule has 1 atom stereocenters. The molecule has 0 saturated heterocycles. The molecule has 0 fully saturated rings. The van der Waals surface area contributed by atoms with Crippen LogP contribution in [0.25, 0.3) is 0 Å². The molecule has 0 spiro atoms. The molecule has 0 saturated carbocycles. The van der Waals surface area contributed by atoms with Crippen LogP contribution in [0.2, 0.25) is 0 Å². The topological polar surface area (TPSA) is 51.2 Å². The minimum Gasteiger partial charge on any atom is -0.302 e. The van der Waals surface area contributed by atoms with Crippen LogP contribution in [0, 0.1) is 20.8 Å². The van der Waals surface area contributed by atoms with E-state index in [4.69, 9.17) is 0 Å². The first kappa shape index (κ1) is 22.9. The van der Waals surface area contributed by atoms with Crippen molar-refractivity contribution in [2.75, 3.05) is 0 Å². The monoisotopic (exact) mass is 432 g/mol. The van der Waals surface area contributed by atoms with E-state index < -0.39 is 18.2 Å². The van der Waals surface area contributed by atoms with Crippen LogP contribution in [0.4, 0.5) is 0 Å². The minimum absolute atomic E-state index is 0.289. The number of rotatable bonds is 7. The molecule has 0 amide bonds. The van der Waals surface area contributed by atoms with E-state index in [1.165, 1.54) is 0 Å². The fourth-order valence-electron chi connectivity index (χ4n) is 4.31. The van der Waals surface area contributed by atoms with Crippen LogP contribution < -0.4 is 5.30 Å². The first-order valence-corrected chi connectivity index (χ1v) is 12.4. The largest absolute Gasteiger partial charge is 0.302 e. The standard InChI is InChI=1S/C27H29O3P/c1-6-21-12-11-13-22(7-2)25(21)27(29)31(30,23-14-9-8-10-15-23)26(28)24-19(4)16-18(3)17-20(24)5/h8-17H,6-7H2,1-5H3. The first-order chi connectivity index (χ1) is 14.7. The zero-order chi connectivity index (χ0) is 22.8. The third-order valence-corrected chi connectivity index (χ3v) is 8.41. The second kappa shape index (κ2) is 9.16. The highest BCUT2D eigenvalue weighted by Crippen LogP contribution is 2.52. The van der Waals surface area contributed by atoms with Gasteiger partial charge in [-0.1, -0.05) is 80.1 Å². The van der Waals surface area contributed by atoms with Gasteiger partial charge in [-0.3, -0.25) is 9.59 Å². The summed E-state index contributed by atoms with van der Waals surface area (Å²) in [5, 5.41) is 0.289. The SMILES string of the molecule is CCc1cccc(CC)c1C(=O)P(=O)(C(=O)c1c(C)cc(C)cc1C)c1ccccc1. The summed E-state index contributed by atoms with van der Waals surface area (Å²) in [6.45, 7) is 9.57. The molecule has 0 aliphatic rings. The molecule has 0 N–H and O–H groups in total. The maximum Gasteiger partial charge on any atom is 0.248 e. The lowest BCUT2D eigenvalue weighted by Crippen LogP contribution is -2.23. The van der Waals surface area contributed by atoms with Crippen LogP contribution in [-0.4, -0.2) is 11.0 Å². The first-order valence-electron chi connectivity index (χ1n) is 10.7. The summed E-state index contributed by atoms with van der Waals surface area (Å²) in [5.41, 5.74) is 3.85. The Balaban J connectivity index is 2.33. The van der Waals surface area contributed by atoms with E-state index in [9.17, 15) is 14.2 Å². The van der Waals surface area contributed by atoms with Crippen molar-refractivity contribution in [2.24, 2.45) is 0 Å². The van der Waals surface area contributed by atoms with Crippen molar-refractivity contribution in [3.8, 4) is 0 Å². The molecule has 0 aromatic heterocycles. The lowest BCUT2D eigenvalue weighted by molar-refractivity contribution is 0.103. The van der Waals surface area contributed by atoms with Gasteiger partial charge in [-0.05, 0) is 55.9 Å². The Morgan fingerprint density at radius 1 is 0.710 bits per heavy atom. The lowest BCUT2D eigenvalue weighted by Gasteiger charge is -2.22. The number of benzene rings is 3. The molecule has 0 bridgehead atoms. The summed E-state index contributed by atoms with van der Waals surface area (Å²) in [6.07, 6.45) is 1.25. The molecule has 1 unspecified atom stereocenters. The molecule has 0 aliphatic heterocycles. The summed E-state index contributed by atoms with van der Waals surface area (Å²) in [4.78, 5) is 28.0. The van der Waals surface area contributed by atoms with Gasteiger partial charge in [0.1, 0.15) is 0 Å². The maximum absolute atomic E-state index is 14.6. The Labute approximate surface area is 184 Å². The fraction of sp³-hybridized carbons (Fsp3) is 0.259. The summed E-state index contributed by atoms with van der Waals surface area (Å²) in [7, 11) is -4.12. The predicted molar refractivity (Wildman–Crippen MR) is 128 cm³/mol. The Hall–Kier alpha value is -2.77. The van der Waals surface area contributed by atoms with Crippen LogP contribution in [0.1, 0.15) is 62.4 Å². The number of hydrogen-bond acceptors (Lipinski definition) is 3. The van der Waals surface area contributed by atoms with Gasteiger partial charge in [0.2, 0.25) is 18.2 Å². The van der Waals surface area contributed by atoms with E-state index in [0.717, 1.165) is 27.8 Å².